The van der Waals surface area contributed by atoms with Crippen molar-refractivity contribution >= 4 is 0 Å². The van der Waals surface area contributed by atoms with E-state index in [9.17, 15) is 0 Å². The molecule has 19 heavy (non-hydrogen) atoms. The van der Waals surface area contributed by atoms with E-state index in [1.165, 1.54) is 24.0 Å². The Kier molecular flexibility index (Phi) is 5.67. The van der Waals surface area contributed by atoms with Crippen LogP contribution in [-0.4, -0.2) is 19.8 Å². The second-order valence-electron chi connectivity index (χ2n) is 5.17. The minimum Gasteiger partial charge on any atom is -0.491 e. The minimum absolute atomic E-state index is 0.174. The van der Waals surface area contributed by atoms with E-state index in [1.807, 2.05) is 6.07 Å². The first kappa shape index (κ1) is 14.4. The summed E-state index contributed by atoms with van der Waals surface area (Å²) in [6.45, 7) is 4.26. The van der Waals surface area contributed by atoms with Crippen molar-refractivity contribution in [1.29, 1.82) is 0 Å². The maximum absolute atomic E-state index is 6.14. The molecule has 0 aromatic heterocycles. The first-order valence-corrected chi connectivity index (χ1v) is 7.40. The van der Waals surface area contributed by atoms with Gasteiger partial charge in [0.1, 0.15) is 12.4 Å². The third kappa shape index (κ3) is 4.22. The summed E-state index contributed by atoms with van der Waals surface area (Å²) < 4.78 is 11.2. The molecular weight excluding hydrogens is 238 g/mol. The van der Waals surface area contributed by atoms with E-state index >= 15 is 0 Å². The third-order valence-electron chi connectivity index (χ3n) is 3.62. The molecule has 0 bridgehead atoms. The molecule has 2 N–H and O–H groups in total. The number of aryl methyl sites for hydroxylation is 1. The minimum atomic E-state index is 0.174. The van der Waals surface area contributed by atoms with Crippen molar-refractivity contribution < 1.29 is 9.47 Å². The van der Waals surface area contributed by atoms with Gasteiger partial charge in [0.25, 0.3) is 0 Å². The van der Waals surface area contributed by atoms with Crippen LogP contribution in [0.25, 0.3) is 0 Å². The monoisotopic (exact) mass is 263 g/mol. The number of fused-ring (bicyclic) bond motifs is 1. The highest BCUT2D eigenvalue weighted by molar-refractivity contribution is 5.39. The molecule has 1 aliphatic carbocycles. The van der Waals surface area contributed by atoms with Gasteiger partial charge in [-0.2, -0.15) is 0 Å². The number of hydrogen-bond donors (Lipinski definition) is 1. The molecule has 106 valence electrons. The maximum atomic E-state index is 6.14. The molecule has 0 aliphatic heterocycles. The molecule has 3 heteroatoms. The molecule has 0 unspecified atom stereocenters. The van der Waals surface area contributed by atoms with Crippen molar-refractivity contribution in [2.45, 2.75) is 45.1 Å². The van der Waals surface area contributed by atoms with Crippen LogP contribution in [0.15, 0.2) is 18.2 Å². The van der Waals surface area contributed by atoms with E-state index in [0.29, 0.717) is 13.2 Å². The van der Waals surface area contributed by atoms with Crippen LogP contribution in [0.4, 0.5) is 0 Å². The summed E-state index contributed by atoms with van der Waals surface area (Å²) >= 11 is 0. The van der Waals surface area contributed by atoms with Crippen LogP contribution < -0.4 is 10.5 Å². The molecule has 1 aromatic rings. The zero-order valence-corrected chi connectivity index (χ0v) is 11.9. The number of nitrogens with two attached hydrogens (primary N) is 1. The van der Waals surface area contributed by atoms with Crippen LogP contribution in [0.1, 0.15) is 49.8 Å². The SMILES string of the molecule is CCCCOCCOc1ccc2c(c1)[C@H](N)CCC2. The molecule has 0 heterocycles. The summed E-state index contributed by atoms with van der Waals surface area (Å²) in [6, 6.07) is 6.48. The lowest BCUT2D eigenvalue weighted by Crippen LogP contribution is -2.17. The molecule has 0 spiro atoms. The van der Waals surface area contributed by atoms with E-state index in [0.717, 1.165) is 31.6 Å². The van der Waals surface area contributed by atoms with E-state index < -0.39 is 0 Å². The van der Waals surface area contributed by atoms with Gasteiger partial charge in [-0.15, -0.1) is 0 Å². The largest absolute Gasteiger partial charge is 0.491 e. The predicted octanol–water partition coefficient (Wildman–Crippen LogP) is 3.22. The maximum Gasteiger partial charge on any atom is 0.119 e. The van der Waals surface area contributed by atoms with Crippen LogP contribution in [0, 0.1) is 0 Å². The lowest BCUT2D eigenvalue weighted by Gasteiger charge is -2.22. The second-order valence-corrected chi connectivity index (χ2v) is 5.17. The zero-order chi connectivity index (χ0) is 13.5. The van der Waals surface area contributed by atoms with Gasteiger partial charge in [0.2, 0.25) is 0 Å². The van der Waals surface area contributed by atoms with E-state index in [4.69, 9.17) is 15.2 Å². The van der Waals surface area contributed by atoms with Gasteiger partial charge in [0.05, 0.1) is 6.61 Å². The standard InChI is InChI=1S/C16H25NO2/c1-2-3-9-18-10-11-19-14-8-7-13-5-4-6-16(17)15(13)12-14/h7-8,12,16H,2-6,9-11,17H2,1H3/t16-/m1/s1. The Morgan fingerprint density at radius 3 is 3.00 bits per heavy atom. The molecule has 1 aliphatic rings. The lowest BCUT2D eigenvalue weighted by molar-refractivity contribution is 0.0980. The van der Waals surface area contributed by atoms with Gasteiger partial charge >= 0.3 is 0 Å². The van der Waals surface area contributed by atoms with Gasteiger partial charge in [-0.25, -0.2) is 0 Å². The molecule has 0 amide bonds. The molecule has 0 saturated carbocycles. The average Bonchev–Trinajstić information content (AvgIpc) is 2.43. The van der Waals surface area contributed by atoms with Crippen LogP contribution in [-0.2, 0) is 11.2 Å². The fourth-order valence-corrected chi connectivity index (χ4v) is 2.47. The fraction of sp³-hybridized carbons (Fsp3) is 0.625. The normalized spacial score (nSPS) is 18.1. The van der Waals surface area contributed by atoms with Crippen LogP contribution in [0.3, 0.4) is 0 Å². The van der Waals surface area contributed by atoms with E-state index in [1.54, 1.807) is 0 Å². The van der Waals surface area contributed by atoms with Crippen molar-refractivity contribution in [2.24, 2.45) is 5.73 Å². The Morgan fingerprint density at radius 1 is 1.26 bits per heavy atom. The van der Waals surface area contributed by atoms with Gasteiger partial charge in [-0.05, 0) is 48.9 Å². The number of benzene rings is 1. The van der Waals surface area contributed by atoms with Gasteiger partial charge in [0, 0.05) is 12.6 Å². The molecule has 0 saturated heterocycles. The van der Waals surface area contributed by atoms with Crippen molar-refractivity contribution in [3.8, 4) is 5.75 Å². The third-order valence-corrected chi connectivity index (χ3v) is 3.62. The first-order valence-electron chi connectivity index (χ1n) is 7.40. The van der Waals surface area contributed by atoms with Gasteiger partial charge < -0.3 is 15.2 Å². The highest BCUT2D eigenvalue weighted by Gasteiger charge is 2.17. The number of unbranched alkanes of at least 4 members (excludes halogenated alkanes) is 1. The number of hydrogen-bond acceptors (Lipinski definition) is 3. The van der Waals surface area contributed by atoms with Gasteiger partial charge in [-0.1, -0.05) is 19.4 Å². The van der Waals surface area contributed by atoms with Crippen LogP contribution in [0.2, 0.25) is 0 Å². The van der Waals surface area contributed by atoms with E-state index in [-0.39, 0.29) is 6.04 Å². The number of ether oxygens (including phenoxy) is 2. The van der Waals surface area contributed by atoms with E-state index in [2.05, 4.69) is 19.1 Å². The smallest absolute Gasteiger partial charge is 0.119 e. The Bertz CT molecular complexity index is 392. The summed E-state index contributed by atoms with van der Waals surface area (Å²) in [5, 5.41) is 0. The fourth-order valence-electron chi connectivity index (χ4n) is 2.47. The van der Waals surface area contributed by atoms with Gasteiger partial charge in [0.15, 0.2) is 0 Å². The Morgan fingerprint density at radius 2 is 2.16 bits per heavy atom. The molecular formula is C16H25NO2. The summed E-state index contributed by atoms with van der Waals surface area (Å²) in [7, 11) is 0. The first-order chi connectivity index (χ1) is 9.31. The molecule has 3 nitrogen and oxygen atoms in total. The Hall–Kier alpha value is -1.06. The Labute approximate surface area is 116 Å². The summed E-state index contributed by atoms with van der Waals surface area (Å²) in [5.74, 6) is 0.912. The molecule has 1 atom stereocenters. The highest BCUT2D eigenvalue weighted by atomic mass is 16.5. The van der Waals surface area contributed by atoms with Gasteiger partial charge in [-0.3, -0.25) is 0 Å². The lowest BCUT2D eigenvalue weighted by atomic mass is 9.88. The van der Waals surface area contributed by atoms with Crippen molar-refractivity contribution in [2.75, 3.05) is 19.8 Å². The van der Waals surface area contributed by atoms with Crippen LogP contribution in [0.5, 0.6) is 5.75 Å². The molecule has 2 rings (SSSR count). The summed E-state index contributed by atoms with van der Waals surface area (Å²) in [6.07, 6.45) is 5.71. The van der Waals surface area contributed by atoms with Crippen molar-refractivity contribution in [3.63, 3.8) is 0 Å². The summed E-state index contributed by atoms with van der Waals surface area (Å²) in [5.41, 5.74) is 8.78. The zero-order valence-electron chi connectivity index (χ0n) is 11.9. The predicted molar refractivity (Wildman–Crippen MR) is 77.5 cm³/mol. The molecule has 0 radical (unpaired) electrons. The summed E-state index contributed by atoms with van der Waals surface area (Å²) in [4.78, 5) is 0. The number of rotatable bonds is 7. The van der Waals surface area contributed by atoms with Crippen LogP contribution >= 0.6 is 0 Å². The Balaban J connectivity index is 1.79. The highest BCUT2D eigenvalue weighted by Crippen LogP contribution is 2.30. The average molecular weight is 263 g/mol. The molecule has 0 fully saturated rings. The second kappa shape index (κ2) is 7.51. The topological polar surface area (TPSA) is 44.5 Å². The van der Waals surface area contributed by atoms with Crippen molar-refractivity contribution in [1.82, 2.24) is 0 Å². The van der Waals surface area contributed by atoms with Crippen molar-refractivity contribution in [3.05, 3.63) is 29.3 Å². The molecule has 1 aromatic carbocycles. The quantitative estimate of drug-likeness (QED) is 0.768.